The van der Waals surface area contributed by atoms with Crippen molar-refractivity contribution in [3.8, 4) is 5.75 Å². The number of rotatable bonds is 11. The first kappa shape index (κ1) is 40.9. The van der Waals surface area contributed by atoms with E-state index in [0.717, 1.165) is 28.7 Å². The molecule has 0 aliphatic carbocycles. The van der Waals surface area contributed by atoms with Crippen molar-refractivity contribution in [1.82, 2.24) is 10.3 Å². The normalized spacial score (nSPS) is 12.1. The molecule has 14 nitrogen and oxygen atoms in total. The van der Waals surface area contributed by atoms with Gasteiger partial charge in [0.15, 0.2) is 5.75 Å². The van der Waals surface area contributed by atoms with Crippen LogP contribution < -0.4 is 68.6 Å². The molecule has 0 aromatic heterocycles. The number of nitrogens with zero attached hydrogens (tertiary/aromatic N) is 5. The molecule has 0 atom stereocenters. The van der Waals surface area contributed by atoms with Crippen LogP contribution in [0.2, 0.25) is 0 Å². The van der Waals surface area contributed by atoms with E-state index < -0.39 is 20.8 Å². The Morgan fingerprint density at radius 2 is 1.55 bits per heavy atom. The van der Waals surface area contributed by atoms with Crippen molar-refractivity contribution in [2.45, 2.75) is 26.7 Å². The van der Waals surface area contributed by atoms with Gasteiger partial charge in [0.05, 0.1) is 0 Å². The largest absolute Gasteiger partial charge is 1.00 e. The van der Waals surface area contributed by atoms with Gasteiger partial charge < -0.3 is 13.3 Å². The fourth-order valence-electron chi connectivity index (χ4n) is 3.17. The van der Waals surface area contributed by atoms with Crippen molar-refractivity contribution < 1.29 is 93.8 Å². The quantitative estimate of drug-likeness (QED) is 0.0535. The molecule has 0 fully saturated rings. The molecule has 0 unspecified atom stereocenters. The molecule has 0 radical (unpaired) electrons. The molecular formula is C22H29N6Na2O8S2-. The Bertz CT molecular complexity index is 1380. The van der Waals surface area contributed by atoms with Crippen molar-refractivity contribution in [3.05, 3.63) is 53.6 Å². The van der Waals surface area contributed by atoms with Crippen LogP contribution in [0.25, 0.3) is 11.1 Å². The number of allylic oxidation sites excluding steroid dienone is 2. The summed E-state index contributed by atoms with van der Waals surface area (Å²) < 4.78 is 70.8. The summed E-state index contributed by atoms with van der Waals surface area (Å²) in [5.41, 5.74) is 4.64. The Hall–Kier alpha value is -1.28. The first-order valence-electron chi connectivity index (χ1n) is 11.0. The molecule has 18 heteroatoms. The van der Waals surface area contributed by atoms with E-state index in [0.29, 0.717) is 18.8 Å². The molecule has 2 aromatic rings. The molecule has 0 aliphatic rings. The van der Waals surface area contributed by atoms with Crippen molar-refractivity contribution >= 4 is 43.3 Å². The Labute approximate surface area is 279 Å². The summed E-state index contributed by atoms with van der Waals surface area (Å²) in [6.45, 7) is 4.49. The molecule has 210 valence electrons. The minimum atomic E-state index is -4.96. The van der Waals surface area contributed by atoms with Crippen molar-refractivity contribution in [3.63, 3.8) is 0 Å². The van der Waals surface area contributed by atoms with E-state index in [1.807, 2.05) is 19.1 Å². The fourth-order valence-corrected chi connectivity index (χ4v) is 3.53. The molecule has 0 saturated carbocycles. The number of hydrogen-bond acceptors (Lipinski definition) is 12. The van der Waals surface area contributed by atoms with Gasteiger partial charge in [0, 0.05) is 14.1 Å². The van der Waals surface area contributed by atoms with E-state index in [-0.39, 0.29) is 70.6 Å². The third-order valence-corrected chi connectivity index (χ3v) is 4.83. The molecule has 0 spiro atoms. The summed E-state index contributed by atoms with van der Waals surface area (Å²) in [7, 11) is -4.75. The minimum absolute atomic E-state index is 0. The number of azo groups is 1. The van der Waals surface area contributed by atoms with Crippen LogP contribution in [-0.2, 0) is 20.8 Å². The monoisotopic (exact) mass is 615 g/mol. The van der Waals surface area contributed by atoms with Gasteiger partial charge in [0.25, 0.3) is 10.4 Å². The van der Waals surface area contributed by atoms with Gasteiger partial charge in [-0.3, -0.25) is 14.9 Å². The zero-order valence-electron chi connectivity index (χ0n) is 23.4. The third kappa shape index (κ3) is 16.9. The SMILES string of the molecule is CC/C(=C(/CC)c1ccc(OS(=O)(=O)[O-])c(N=NN(C)C)c1)c1cc[c-]c(N=NCNC)c1.O=S(=O)([O-])O.[Na+].[Na+]. The summed E-state index contributed by atoms with van der Waals surface area (Å²) in [6.07, 6.45) is 1.44. The van der Waals surface area contributed by atoms with Gasteiger partial charge in [-0.2, -0.15) is 28.4 Å². The molecule has 0 bridgehead atoms. The maximum atomic E-state index is 11.1. The summed E-state index contributed by atoms with van der Waals surface area (Å²) in [5.74, 6) is -0.186. The van der Waals surface area contributed by atoms with Gasteiger partial charge in [0.1, 0.15) is 12.4 Å². The van der Waals surface area contributed by atoms with Crippen LogP contribution in [-0.4, -0.2) is 63.3 Å². The molecule has 40 heavy (non-hydrogen) atoms. The van der Waals surface area contributed by atoms with Gasteiger partial charge in [-0.15, -0.1) is 16.7 Å². The average molecular weight is 616 g/mol. The first-order valence-corrected chi connectivity index (χ1v) is 13.7. The van der Waals surface area contributed by atoms with Gasteiger partial charge >= 0.3 is 59.1 Å². The summed E-state index contributed by atoms with van der Waals surface area (Å²) in [6, 6.07) is 13.5. The van der Waals surface area contributed by atoms with E-state index in [2.05, 4.69) is 43.1 Å². The van der Waals surface area contributed by atoms with Crippen molar-refractivity contribution in [1.29, 1.82) is 0 Å². The van der Waals surface area contributed by atoms with Crippen LogP contribution >= 0.6 is 0 Å². The zero-order chi connectivity index (χ0) is 28.9. The van der Waals surface area contributed by atoms with Crippen LogP contribution in [0.5, 0.6) is 5.75 Å². The van der Waals surface area contributed by atoms with Crippen LogP contribution in [0.15, 0.2) is 57.0 Å². The van der Waals surface area contributed by atoms with E-state index in [1.165, 1.54) is 11.1 Å². The van der Waals surface area contributed by atoms with E-state index in [1.54, 1.807) is 39.3 Å². The van der Waals surface area contributed by atoms with Gasteiger partial charge in [0.2, 0.25) is 10.4 Å². The Morgan fingerprint density at radius 3 is 2.02 bits per heavy atom. The second kappa shape index (κ2) is 19.8. The van der Waals surface area contributed by atoms with E-state index in [9.17, 15) is 13.0 Å². The molecule has 0 aliphatic heterocycles. The molecule has 0 amide bonds. The topological polar surface area (TPSA) is 209 Å². The van der Waals surface area contributed by atoms with Crippen LogP contribution in [0, 0.1) is 6.07 Å². The van der Waals surface area contributed by atoms with E-state index in [4.69, 9.17) is 17.5 Å². The van der Waals surface area contributed by atoms with Crippen molar-refractivity contribution in [2.24, 2.45) is 20.6 Å². The Balaban J connectivity index is 0. The van der Waals surface area contributed by atoms with Crippen LogP contribution in [0.4, 0.5) is 11.4 Å². The Kier molecular flexibility index (Phi) is 20.2. The molecule has 2 aromatic carbocycles. The average Bonchev–Trinajstić information content (AvgIpc) is 2.80. The maximum absolute atomic E-state index is 11.1. The number of benzene rings is 2. The Morgan fingerprint density at radius 1 is 1.00 bits per heavy atom. The molecule has 0 heterocycles. The third-order valence-electron chi connectivity index (χ3n) is 4.44. The van der Waals surface area contributed by atoms with Crippen molar-refractivity contribution in [2.75, 3.05) is 27.8 Å². The van der Waals surface area contributed by atoms with Crippen LogP contribution in [0.3, 0.4) is 0 Å². The predicted molar refractivity (Wildman–Crippen MR) is 138 cm³/mol. The molecular weight excluding hydrogens is 586 g/mol. The second-order valence-corrected chi connectivity index (χ2v) is 9.36. The second-order valence-electron chi connectivity index (χ2n) is 7.52. The standard InChI is InChI=1S/C22H29N6O4S.2Na.H2O4S/c1-6-19(16-9-8-10-18(13-16)25-24-15-23-3)20(7-2)17-11-12-22(32-33(29,30)31)21(14-17)26-27-28(4)5;;;1-5(2,3)4/h8-9,11-14,23H,6-7,15H2,1-5H3,(H,29,30,31);;;(H2,1,2,3,4)/q-1;2*+1;/p-2/b20-19+,25-24?,27-26?;;;. The van der Waals surface area contributed by atoms with Gasteiger partial charge in [-0.1, -0.05) is 30.7 Å². The number of nitrogens with one attached hydrogen (secondary N) is 1. The fraction of sp³-hybridized carbons (Fsp3) is 0.364. The molecule has 2 N–H and O–H groups in total. The van der Waals surface area contributed by atoms with Gasteiger partial charge in [-0.05, 0) is 48.8 Å². The number of hydrogen-bond donors (Lipinski definition) is 2. The molecule has 2 rings (SSSR count). The smallest absolute Gasteiger partial charge is 0.726 e. The minimum Gasteiger partial charge on any atom is -0.726 e. The van der Waals surface area contributed by atoms with E-state index >= 15 is 0 Å². The van der Waals surface area contributed by atoms with Crippen LogP contribution in [0.1, 0.15) is 37.8 Å². The van der Waals surface area contributed by atoms with Gasteiger partial charge in [-0.25, -0.2) is 16.8 Å². The maximum Gasteiger partial charge on any atom is 1.00 e. The molecule has 0 saturated heterocycles. The first-order chi connectivity index (χ1) is 17.7. The summed E-state index contributed by atoms with van der Waals surface area (Å²) in [5, 5.41) is 20.5. The zero-order valence-corrected chi connectivity index (χ0v) is 29.1. The summed E-state index contributed by atoms with van der Waals surface area (Å²) in [4.78, 5) is 0. The summed E-state index contributed by atoms with van der Waals surface area (Å²) >= 11 is 0. The predicted octanol–water partition coefficient (Wildman–Crippen LogP) is -2.11.